The van der Waals surface area contributed by atoms with Crippen LogP contribution in [0.4, 0.5) is 0 Å². The molecule has 0 aliphatic carbocycles. The van der Waals surface area contributed by atoms with E-state index in [9.17, 15) is 23.1 Å². The zero-order valence-corrected chi connectivity index (χ0v) is 14.8. The zero-order valence-electron chi connectivity index (χ0n) is 14.0. The van der Waals surface area contributed by atoms with Crippen molar-refractivity contribution in [2.45, 2.75) is 30.7 Å². The van der Waals surface area contributed by atoms with Crippen molar-refractivity contribution in [1.82, 2.24) is 9.21 Å². The smallest absolute Gasteiger partial charge is 0.308 e. The lowest BCUT2D eigenvalue weighted by Crippen LogP contribution is -2.49. The van der Waals surface area contributed by atoms with Crippen LogP contribution in [0, 0.1) is 5.92 Å². The second-order valence-corrected chi connectivity index (χ2v) is 8.29. The summed E-state index contributed by atoms with van der Waals surface area (Å²) in [6.07, 6.45) is 1.19. The molecule has 0 aromatic heterocycles. The molecule has 7 nitrogen and oxygen atoms in total. The first-order valence-electron chi connectivity index (χ1n) is 7.72. The highest BCUT2D eigenvalue weighted by Crippen LogP contribution is 2.25. The van der Waals surface area contributed by atoms with E-state index < -0.39 is 28.0 Å². The van der Waals surface area contributed by atoms with E-state index in [1.807, 2.05) is 0 Å². The first-order valence-corrected chi connectivity index (χ1v) is 9.16. The predicted octanol–water partition coefficient (Wildman–Crippen LogP) is 1.26. The average Bonchev–Trinajstić information content (AvgIpc) is 2.54. The second-order valence-electron chi connectivity index (χ2n) is 6.14. The fraction of sp³-hybridized carbons (Fsp3) is 0.500. The molecule has 0 unspecified atom stereocenters. The summed E-state index contributed by atoms with van der Waals surface area (Å²) < 4.78 is 25.2. The van der Waals surface area contributed by atoms with Crippen LogP contribution in [0.25, 0.3) is 0 Å². The van der Waals surface area contributed by atoms with Crippen LogP contribution in [0.3, 0.4) is 0 Å². The van der Waals surface area contributed by atoms with Crippen molar-refractivity contribution in [1.29, 1.82) is 0 Å². The highest BCUT2D eigenvalue weighted by atomic mass is 32.2. The number of piperidine rings is 1. The first kappa shape index (κ1) is 18.4. The monoisotopic (exact) mass is 354 g/mol. The number of carbonyl (C=O) groups is 2. The van der Waals surface area contributed by atoms with E-state index in [0.29, 0.717) is 24.9 Å². The number of carboxylic acids is 1. The standard InChI is InChI=1S/C16H22N2O5S/c1-11-14(16(20)21)5-4-10-18(11)15(19)12-6-8-13(9-7-12)24(22,23)17(2)3/h6-9,11,14H,4-5,10H2,1-3H3,(H,20,21)/t11-,14-/m1/s1. The number of hydrogen-bond acceptors (Lipinski definition) is 4. The Hall–Kier alpha value is -1.93. The van der Waals surface area contributed by atoms with Gasteiger partial charge in [-0.25, -0.2) is 12.7 Å². The van der Waals surface area contributed by atoms with Gasteiger partial charge in [-0.2, -0.15) is 0 Å². The summed E-state index contributed by atoms with van der Waals surface area (Å²) >= 11 is 0. The van der Waals surface area contributed by atoms with Crippen molar-refractivity contribution in [3.8, 4) is 0 Å². The molecule has 1 N–H and O–H groups in total. The van der Waals surface area contributed by atoms with E-state index in [2.05, 4.69) is 0 Å². The van der Waals surface area contributed by atoms with Crippen LogP contribution in [0.15, 0.2) is 29.2 Å². The van der Waals surface area contributed by atoms with Gasteiger partial charge in [-0.05, 0) is 44.0 Å². The Kier molecular flexibility index (Phi) is 5.29. The number of amides is 1. The van der Waals surface area contributed by atoms with Gasteiger partial charge in [0.1, 0.15) is 0 Å². The van der Waals surface area contributed by atoms with Crippen LogP contribution in [0.5, 0.6) is 0 Å². The number of carboxylic acid groups (broad SMARTS) is 1. The van der Waals surface area contributed by atoms with Crippen molar-refractivity contribution in [2.24, 2.45) is 5.92 Å². The van der Waals surface area contributed by atoms with Gasteiger partial charge in [0.05, 0.1) is 10.8 Å². The van der Waals surface area contributed by atoms with Crippen LogP contribution in [0.2, 0.25) is 0 Å². The summed E-state index contributed by atoms with van der Waals surface area (Å²) in [7, 11) is -0.664. The Morgan fingerprint density at radius 1 is 1.21 bits per heavy atom. The molecular weight excluding hydrogens is 332 g/mol. The van der Waals surface area contributed by atoms with Gasteiger partial charge in [0, 0.05) is 32.2 Å². The molecule has 1 aliphatic heterocycles. The Morgan fingerprint density at radius 2 is 1.79 bits per heavy atom. The fourth-order valence-electron chi connectivity index (χ4n) is 2.91. The number of hydrogen-bond donors (Lipinski definition) is 1. The largest absolute Gasteiger partial charge is 0.481 e. The Balaban J connectivity index is 2.23. The number of benzene rings is 1. The molecule has 1 aliphatic rings. The van der Waals surface area contributed by atoms with E-state index in [1.54, 1.807) is 11.8 Å². The van der Waals surface area contributed by atoms with Gasteiger partial charge in [-0.1, -0.05) is 0 Å². The minimum atomic E-state index is -3.54. The van der Waals surface area contributed by atoms with Crippen molar-refractivity contribution in [2.75, 3.05) is 20.6 Å². The van der Waals surface area contributed by atoms with E-state index in [4.69, 9.17) is 0 Å². The summed E-state index contributed by atoms with van der Waals surface area (Å²) in [6, 6.07) is 5.33. The molecule has 0 spiro atoms. The lowest BCUT2D eigenvalue weighted by molar-refractivity contribution is -0.144. The molecule has 2 rings (SSSR count). The van der Waals surface area contributed by atoms with Crippen LogP contribution in [0.1, 0.15) is 30.1 Å². The molecule has 1 fully saturated rings. The molecule has 2 atom stereocenters. The van der Waals surface area contributed by atoms with Crippen LogP contribution < -0.4 is 0 Å². The highest BCUT2D eigenvalue weighted by Gasteiger charge is 2.35. The molecular formula is C16H22N2O5S. The molecule has 1 heterocycles. The second kappa shape index (κ2) is 6.90. The van der Waals surface area contributed by atoms with Gasteiger partial charge in [0.15, 0.2) is 0 Å². The van der Waals surface area contributed by atoms with E-state index in [0.717, 1.165) is 4.31 Å². The third-order valence-corrected chi connectivity index (χ3v) is 6.28. The first-order chi connectivity index (χ1) is 11.2. The fourth-order valence-corrected chi connectivity index (χ4v) is 3.81. The van der Waals surface area contributed by atoms with Crippen LogP contribution in [-0.4, -0.2) is 61.3 Å². The predicted molar refractivity (Wildman–Crippen MR) is 88.2 cm³/mol. The maximum absolute atomic E-state index is 12.6. The molecule has 0 bridgehead atoms. The molecule has 1 amide bonds. The quantitative estimate of drug-likeness (QED) is 0.878. The summed E-state index contributed by atoms with van der Waals surface area (Å²) in [4.78, 5) is 25.6. The van der Waals surface area contributed by atoms with Crippen LogP contribution in [-0.2, 0) is 14.8 Å². The van der Waals surface area contributed by atoms with Crippen molar-refractivity contribution >= 4 is 21.9 Å². The number of sulfonamides is 1. The van der Waals surface area contributed by atoms with Crippen LogP contribution >= 0.6 is 0 Å². The van der Waals surface area contributed by atoms with E-state index in [1.165, 1.54) is 38.4 Å². The number of carbonyl (C=O) groups excluding carboxylic acids is 1. The molecule has 1 aromatic rings. The topological polar surface area (TPSA) is 95.0 Å². The molecule has 8 heteroatoms. The van der Waals surface area contributed by atoms with Gasteiger partial charge in [0.2, 0.25) is 10.0 Å². The molecule has 0 saturated carbocycles. The molecule has 24 heavy (non-hydrogen) atoms. The molecule has 132 valence electrons. The Morgan fingerprint density at radius 3 is 2.29 bits per heavy atom. The van der Waals surface area contributed by atoms with Crippen molar-refractivity contribution in [3.63, 3.8) is 0 Å². The number of likely N-dealkylation sites (tertiary alicyclic amines) is 1. The SMILES string of the molecule is C[C@@H]1[C@H](C(=O)O)CCCN1C(=O)c1ccc(S(=O)(=O)N(C)C)cc1. The van der Waals surface area contributed by atoms with E-state index in [-0.39, 0.29) is 10.8 Å². The van der Waals surface area contributed by atoms with E-state index >= 15 is 0 Å². The van der Waals surface area contributed by atoms with Crippen molar-refractivity contribution in [3.05, 3.63) is 29.8 Å². The minimum absolute atomic E-state index is 0.110. The van der Waals surface area contributed by atoms with Gasteiger partial charge in [0.25, 0.3) is 5.91 Å². The summed E-state index contributed by atoms with van der Waals surface area (Å²) in [5, 5.41) is 9.25. The summed E-state index contributed by atoms with van der Waals surface area (Å²) in [5.41, 5.74) is 0.352. The Labute approximate surface area is 141 Å². The Bertz CT molecular complexity index is 727. The molecule has 1 saturated heterocycles. The third-order valence-electron chi connectivity index (χ3n) is 4.45. The third kappa shape index (κ3) is 3.44. The maximum Gasteiger partial charge on any atom is 0.308 e. The molecule has 1 aromatic carbocycles. The number of aliphatic carboxylic acids is 1. The lowest BCUT2D eigenvalue weighted by atomic mass is 9.90. The minimum Gasteiger partial charge on any atom is -0.481 e. The van der Waals surface area contributed by atoms with Gasteiger partial charge in [-0.15, -0.1) is 0 Å². The number of rotatable bonds is 4. The van der Waals surface area contributed by atoms with Crippen molar-refractivity contribution < 1.29 is 23.1 Å². The average molecular weight is 354 g/mol. The summed E-state index contributed by atoms with van der Waals surface area (Å²) in [6.45, 7) is 2.24. The highest BCUT2D eigenvalue weighted by molar-refractivity contribution is 7.89. The van der Waals surface area contributed by atoms with Gasteiger partial charge < -0.3 is 10.0 Å². The maximum atomic E-state index is 12.6. The number of nitrogens with zero attached hydrogens (tertiary/aromatic N) is 2. The molecule has 0 radical (unpaired) electrons. The lowest BCUT2D eigenvalue weighted by Gasteiger charge is -2.37. The zero-order chi connectivity index (χ0) is 18.1. The van der Waals surface area contributed by atoms with Gasteiger partial charge >= 0.3 is 5.97 Å². The normalized spacial score (nSPS) is 21.8. The van der Waals surface area contributed by atoms with Gasteiger partial charge in [-0.3, -0.25) is 9.59 Å². The summed E-state index contributed by atoms with van der Waals surface area (Å²) in [5.74, 6) is -1.74.